The summed E-state index contributed by atoms with van der Waals surface area (Å²) in [6.45, 7) is 3.74. The summed E-state index contributed by atoms with van der Waals surface area (Å²) in [7, 11) is 3.55. The van der Waals surface area contributed by atoms with Crippen LogP contribution in [0.2, 0.25) is 0 Å². The van der Waals surface area contributed by atoms with Gasteiger partial charge in [-0.1, -0.05) is 6.07 Å². The molecule has 20 heavy (non-hydrogen) atoms. The fourth-order valence-corrected chi connectivity index (χ4v) is 2.44. The fourth-order valence-electron chi connectivity index (χ4n) is 2.44. The van der Waals surface area contributed by atoms with Crippen molar-refractivity contribution in [2.24, 2.45) is 0 Å². The van der Waals surface area contributed by atoms with E-state index in [1.54, 1.807) is 19.0 Å². The molecule has 4 heteroatoms. The Hall–Kier alpha value is -1.55. The number of hydrogen-bond donors (Lipinski definition) is 1. The average molecular weight is 276 g/mol. The van der Waals surface area contributed by atoms with Crippen LogP contribution in [-0.4, -0.2) is 44.2 Å². The molecule has 0 saturated carbocycles. The molecule has 1 aliphatic rings. The van der Waals surface area contributed by atoms with Crippen LogP contribution in [0.3, 0.4) is 0 Å². The number of aryl methyl sites for hydroxylation is 1. The van der Waals surface area contributed by atoms with Crippen LogP contribution in [0.5, 0.6) is 0 Å². The van der Waals surface area contributed by atoms with E-state index in [-0.39, 0.29) is 5.91 Å². The van der Waals surface area contributed by atoms with E-state index >= 15 is 0 Å². The molecule has 0 bridgehead atoms. The monoisotopic (exact) mass is 276 g/mol. The van der Waals surface area contributed by atoms with Crippen LogP contribution in [0.4, 0.5) is 5.69 Å². The molecular weight excluding hydrogens is 252 g/mol. The minimum absolute atomic E-state index is 0.0391. The smallest absolute Gasteiger partial charge is 0.253 e. The van der Waals surface area contributed by atoms with Crippen molar-refractivity contribution < 1.29 is 9.53 Å². The Morgan fingerprint density at radius 2 is 2.10 bits per heavy atom. The second kappa shape index (κ2) is 6.75. The first-order chi connectivity index (χ1) is 9.58. The fraction of sp³-hybridized carbons (Fsp3) is 0.562. The predicted octanol–water partition coefficient (Wildman–Crippen LogP) is 2.68. The Balaban J connectivity index is 2.13. The molecule has 4 nitrogen and oxygen atoms in total. The summed E-state index contributed by atoms with van der Waals surface area (Å²) < 4.78 is 5.49. The summed E-state index contributed by atoms with van der Waals surface area (Å²) in [5, 5.41) is 3.57. The minimum atomic E-state index is 0.0391. The number of hydrogen-bond acceptors (Lipinski definition) is 3. The standard InChI is InChI=1S/C16H24N2O2/c1-12-6-7-13(16(19)18(2)3)11-15(12)17-14-5-4-9-20-10-8-14/h6-7,11,14,17H,4-5,8-10H2,1-3H3. The maximum atomic E-state index is 12.0. The second-order valence-electron chi connectivity index (χ2n) is 5.61. The van der Waals surface area contributed by atoms with Crippen LogP contribution in [-0.2, 0) is 4.74 Å². The maximum absolute atomic E-state index is 12.0. The minimum Gasteiger partial charge on any atom is -0.382 e. The zero-order valence-corrected chi connectivity index (χ0v) is 12.6. The maximum Gasteiger partial charge on any atom is 0.253 e. The summed E-state index contributed by atoms with van der Waals surface area (Å²) in [6.07, 6.45) is 3.23. The van der Waals surface area contributed by atoms with Crippen molar-refractivity contribution in [2.45, 2.75) is 32.2 Å². The lowest BCUT2D eigenvalue weighted by molar-refractivity contribution is 0.0827. The van der Waals surface area contributed by atoms with Gasteiger partial charge in [-0.25, -0.2) is 0 Å². The zero-order valence-electron chi connectivity index (χ0n) is 12.6. The van der Waals surface area contributed by atoms with Gasteiger partial charge < -0.3 is 15.0 Å². The Morgan fingerprint density at radius 3 is 2.85 bits per heavy atom. The Morgan fingerprint density at radius 1 is 1.30 bits per heavy atom. The summed E-state index contributed by atoms with van der Waals surface area (Å²) in [5.41, 5.74) is 2.96. The normalized spacial score (nSPS) is 19.2. The van der Waals surface area contributed by atoms with Gasteiger partial charge in [-0.15, -0.1) is 0 Å². The molecule has 1 fully saturated rings. The molecule has 1 aliphatic heterocycles. The number of nitrogens with one attached hydrogen (secondary N) is 1. The number of rotatable bonds is 3. The summed E-state index contributed by atoms with van der Waals surface area (Å²) in [4.78, 5) is 13.6. The van der Waals surface area contributed by atoms with Crippen molar-refractivity contribution in [1.82, 2.24) is 4.90 Å². The molecule has 0 aliphatic carbocycles. The first-order valence-electron chi connectivity index (χ1n) is 7.24. The highest BCUT2D eigenvalue weighted by molar-refractivity contribution is 5.95. The highest BCUT2D eigenvalue weighted by atomic mass is 16.5. The van der Waals surface area contributed by atoms with Gasteiger partial charge in [-0.05, 0) is 43.9 Å². The van der Waals surface area contributed by atoms with E-state index < -0.39 is 0 Å². The molecule has 1 unspecified atom stereocenters. The first kappa shape index (κ1) is 14.9. The Labute approximate surface area is 121 Å². The van der Waals surface area contributed by atoms with Crippen molar-refractivity contribution in [3.05, 3.63) is 29.3 Å². The number of anilines is 1. The van der Waals surface area contributed by atoms with E-state index in [1.807, 2.05) is 18.2 Å². The number of carbonyl (C=O) groups excluding carboxylic acids is 1. The summed E-state index contributed by atoms with van der Waals surface area (Å²) >= 11 is 0. The lowest BCUT2D eigenvalue weighted by Crippen LogP contribution is -2.23. The summed E-state index contributed by atoms with van der Waals surface area (Å²) in [5.74, 6) is 0.0391. The quantitative estimate of drug-likeness (QED) is 0.923. The van der Waals surface area contributed by atoms with E-state index in [0.717, 1.165) is 43.7 Å². The highest BCUT2D eigenvalue weighted by Gasteiger charge is 2.15. The Kier molecular flexibility index (Phi) is 5.01. The highest BCUT2D eigenvalue weighted by Crippen LogP contribution is 2.21. The molecule has 0 radical (unpaired) electrons. The van der Waals surface area contributed by atoms with Crippen molar-refractivity contribution in [1.29, 1.82) is 0 Å². The van der Waals surface area contributed by atoms with Crippen LogP contribution in [0.1, 0.15) is 35.2 Å². The van der Waals surface area contributed by atoms with Gasteiger partial charge in [-0.3, -0.25) is 4.79 Å². The lowest BCUT2D eigenvalue weighted by atomic mass is 10.1. The van der Waals surface area contributed by atoms with E-state index in [1.165, 1.54) is 5.56 Å². The number of ether oxygens (including phenoxy) is 1. The third kappa shape index (κ3) is 3.73. The third-order valence-corrected chi connectivity index (χ3v) is 3.70. The molecule has 110 valence electrons. The van der Waals surface area contributed by atoms with Gasteiger partial charge in [-0.2, -0.15) is 0 Å². The molecule has 1 atom stereocenters. The SMILES string of the molecule is Cc1ccc(C(=O)N(C)C)cc1NC1CCCOCC1. The predicted molar refractivity (Wildman–Crippen MR) is 81.3 cm³/mol. The van der Waals surface area contributed by atoms with Crippen molar-refractivity contribution in [3.63, 3.8) is 0 Å². The van der Waals surface area contributed by atoms with Gasteiger partial charge in [0.2, 0.25) is 0 Å². The first-order valence-corrected chi connectivity index (χ1v) is 7.24. The molecule has 2 rings (SSSR count). The largest absolute Gasteiger partial charge is 0.382 e. The van der Waals surface area contributed by atoms with Crippen LogP contribution in [0.25, 0.3) is 0 Å². The zero-order chi connectivity index (χ0) is 14.5. The molecule has 1 saturated heterocycles. The van der Waals surface area contributed by atoms with Gasteiger partial charge in [0.05, 0.1) is 0 Å². The van der Waals surface area contributed by atoms with Crippen molar-refractivity contribution in [3.8, 4) is 0 Å². The van der Waals surface area contributed by atoms with Crippen LogP contribution < -0.4 is 5.32 Å². The Bertz CT molecular complexity index is 464. The van der Waals surface area contributed by atoms with Gasteiger partial charge in [0.25, 0.3) is 5.91 Å². The van der Waals surface area contributed by atoms with E-state index in [2.05, 4.69) is 12.2 Å². The average Bonchev–Trinajstić information content (AvgIpc) is 2.69. The third-order valence-electron chi connectivity index (χ3n) is 3.70. The van der Waals surface area contributed by atoms with Crippen LogP contribution in [0, 0.1) is 6.92 Å². The van der Waals surface area contributed by atoms with E-state index in [0.29, 0.717) is 6.04 Å². The molecule has 1 heterocycles. The van der Waals surface area contributed by atoms with Gasteiger partial charge in [0, 0.05) is 44.6 Å². The molecular formula is C16H24N2O2. The molecule has 1 N–H and O–H groups in total. The number of carbonyl (C=O) groups is 1. The van der Waals surface area contributed by atoms with Gasteiger partial charge in [0.15, 0.2) is 0 Å². The summed E-state index contributed by atoms with van der Waals surface area (Å²) in [6, 6.07) is 6.29. The number of amides is 1. The van der Waals surface area contributed by atoms with Gasteiger partial charge in [0.1, 0.15) is 0 Å². The van der Waals surface area contributed by atoms with E-state index in [9.17, 15) is 4.79 Å². The van der Waals surface area contributed by atoms with Gasteiger partial charge >= 0.3 is 0 Å². The van der Waals surface area contributed by atoms with Crippen molar-refractivity contribution in [2.75, 3.05) is 32.6 Å². The topological polar surface area (TPSA) is 41.6 Å². The second-order valence-corrected chi connectivity index (χ2v) is 5.61. The van der Waals surface area contributed by atoms with Crippen LogP contribution in [0.15, 0.2) is 18.2 Å². The molecule has 1 aromatic rings. The number of nitrogens with zero attached hydrogens (tertiary/aromatic N) is 1. The lowest BCUT2D eigenvalue weighted by Gasteiger charge is -2.20. The number of benzene rings is 1. The molecule has 0 aromatic heterocycles. The molecule has 1 aromatic carbocycles. The van der Waals surface area contributed by atoms with E-state index in [4.69, 9.17) is 4.74 Å². The molecule has 1 amide bonds. The molecule has 0 spiro atoms. The van der Waals surface area contributed by atoms with Crippen LogP contribution >= 0.6 is 0 Å². The van der Waals surface area contributed by atoms with Crippen molar-refractivity contribution >= 4 is 11.6 Å².